The molecule has 4 N–H and O–H groups in total. The van der Waals surface area contributed by atoms with E-state index in [0.29, 0.717) is 11.3 Å². The number of hydrogen-bond acceptors (Lipinski definition) is 4. The van der Waals surface area contributed by atoms with Crippen LogP contribution in [0.4, 0.5) is 11.4 Å². The lowest BCUT2D eigenvalue weighted by Gasteiger charge is -2.11. The number of nitrogens with two attached hydrogens (primary N) is 2. The molecule has 0 amide bonds. The van der Waals surface area contributed by atoms with E-state index in [1.165, 1.54) is 0 Å². The van der Waals surface area contributed by atoms with Crippen molar-refractivity contribution < 1.29 is 0 Å². The van der Waals surface area contributed by atoms with Crippen LogP contribution in [-0.4, -0.2) is 0 Å². The van der Waals surface area contributed by atoms with Gasteiger partial charge in [-0.05, 0) is 11.6 Å². The summed E-state index contributed by atoms with van der Waals surface area (Å²) >= 11 is 0. The normalized spacial score (nSPS) is 9.44. The van der Waals surface area contributed by atoms with Gasteiger partial charge in [-0.2, -0.15) is 10.5 Å². The van der Waals surface area contributed by atoms with Crippen molar-refractivity contribution >= 4 is 11.4 Å². The van der Waals surface area contributed by atoms with Gasteiger partial charge in [-0.3, -0.25) is 0 Å². The third kappa shape index (κ3) is 1.73. The van der Waals surface area contributed by atoms with Gasteiger partial charge in [0, 0.05) is 5.56 Å². The summed E-state index contributed by atoms with van der Waals surface area (Å²) in [6.07, 6.45) is 0. The van der Waals surface area contributed by atoms with E-state index in [4.69, 9.17) is 22.0 Å². The second-order valence-corrected chi connectivity index (χ2v) is 3.76. The van der Waals surface area contributed by atoms with Crippen molar-refractivity contribution in [3.63, 3.8) is 0 Å². The molecule has 0 unspecified atom stereocenters. The highest BCUT2D eigenvalue weighted by Gasteiger charge is 2.14. The highest BCUT2D eigenvalue weighted by Crippen LogP contribution is 2.34. The molecule has 0 spiro atoms. The monoisotopic (exact) mass is 234 g/mol. The molecule has 2 rings (SSSR count). The molecule has 2 aromatic carbocycles. The van der Waals surface area contributed by atoms with E-state index < -0.39 is 0 Å². The summed E-state index contributed by atoms with van der Waals surface area (Å²) in [7, 11) is 0. The van der Waals surface area contributed by atoms with Crippen molar-refractivity contribution in [3.05, 3.63) is 47.5 Å². The smallest absolute Gasteiger partial charge is 0.103 e. The number of hydrogen-bond donors (Lipinski definition) is 2. The van der Waals surface area contributed by atoms with Crippen LogP contribution in [0.25, 0.3) is 11.1 Å². The van der Waals surface area contributed by atoms with Crippen molar-refractivity contribution in [3.8, 4) is 23.3 Å². The summed E-state index contributed by atoms with van der Waals surface area (Å²) in [6, 6.07) is 14.8. The largest absolute Gasteiger partial charge is 0.397 e. The first-order chi connectivity index (χ1) is 8.69. The third-order valence-electron chi connectivity index (χ3n) is 2.72. The summed E-state index contributed by atoms with van der Waals surface area (Å²) in [5, 5.41) is 18.0. The number of nitriles is 2. The van der Waals surface area contributed by atoms with Crippen LogP contribution in [0.1, 0.15) is 11.1 Å². The van der Waals surface area contributed by atoms with Gasteiger partial charge in [0.25, 0.3) is 0 Å². The molecule has 0 heterocycles. The zero-order valence-electron chi connectivity index (χ0n) is 9.51. The highest BCUT2D eigenvalue weighted by atomic mass is 14.7. The zero-order chi connectivity index (χ0) is 13.1. The Bertz CT molecular complexity index is 676. The third-order valence-corrected chi connectivity index (χ3v) is 2.72. The standard InChI is InChI=1S/C14H10N4/c15-7-10-6-11(9-4-2-1-3-5-9)13(17)14(18)12(10)8-16/h1-6H,17-18H2. The maximum atomic E-state index is 9.04. The van der Waals surface area contributed by atoms with Crippen LogP contribution in [0.5, 0.6) is 0 Å². The van der Waals surface area contributed by atoms with Crippen LogP contribution < -0.4 is 11.5 Å². The fourth-order valence-corrected chi connectivity index (χ4v) is 1.78. The molecule has 0 aliphatic heterocycles. The Morgan fingerprint density at radius 3 is 2.11 bits per heavy atom. The Balaban J connectivity index is 2.77. The Morgan fingerprint density at radius 2 is 1.56 bits per heavy atom. The minimum Gasteiger partial charge on any atom is -0.397 e. The molecule has 0 bridgehead atoms. The van der Waals surface area contributed by atoms with Crippen molar-refractivity contribution in [2.45, 2.75) is 0 Å². The van der Waals surface area contributed by atoms with Crippen molar-refractivity contribution in [2.24, 2.45) is 0 Å². The predicted octanol–water partition coefficient (Wildman–Crippen LogP) is 2.26. The summed E-state index contributed by atoms with van der Waals surface area (Å²) in [6.45, 7) is 0. The van der Waals surface area contributed by atoms with Crippen LogP contribution in [0, 0.1) is 22.7 Å². The lowest BCUT2D eigenvalue weighted by atomic mass is 9.96. The van der Waals surface area contributed by atoms with E-state index in [0.717, 1.165) is 5.56 Å². The lowest BCUT2D eigenvalue weighted by molar-refractivity contribution is 1.43. The first-order valence-electron chi connectivity index (χ1n) is 5.26. The second-order valence-electron chi connectivity index (χ2n) is 3.76. The maximum absolute atomic E-state index is 9.04. The van der Waals surface area contributed by atoms with Gasteiger partial charge in [0.15, 0.2) is 0 Å². The Morgan fingerprint density at radius 1 is 0.889 bits per heavy atom. The molecule has 0 fully saturated rings. The molecule has 0 aliphatic rings. The number of rotatable bonds is 1. The van der Waals surface area contributed by atoms with Crippen LogP contribution in [0.3, 0.4) is 0 Å². The van der Waals surface area contributed by atoms with Gasteiger partial charge in [-0.1, -0.05) is 30.3 Å². The summed E-state index contributed by atoms with van der Waals surface area (Å²) in [5.74, 6) is 0. The molecule has 0 saturated carbocycles. The van der Waals surface area contributed by atoms with Gasteiger partial charge in [0.1, 0.15) is 12.1 Å². The van der Waals surface area contributed by atoms with Crippen LogP contribution in [0.2, 0.25) is 0 Å². The number of benzene rings is 2. The fourth-order valence-electron chi connectivity index (χ4n) is 1.78. The quantitative estimate of drug-likeness (QED) is 0.739. The highest BCUT2D eigenvalue weighted by molar-refractivity contribution is 5.89. The molecular formula is C14H10N4. The van der Waals surface area contributed by atoms with E-state index in [2.05, 4.69) is 0 Å². The molecule has 0 saturated heterocycles. The Labute approximate surface area is 105 Å². The summed E-state index contributed by atoms with van der Waals surface area (Å²) < 4.78 is 0. The average Bonchev–Trinajstić information content (AvgIpc) is 2.42. The number of nitrogen functional groups attached to an aromatic ring is 2. The molecular weight excluding hydrogens is 224 g/mol. The Kier molecular flexibility index (Phi) is 2.87. The first kappa shape index (κ1) is 11.5. The van der Waals surface area contributed by atoms with Crippen molar-refractivity contribution in [1.29, 1.82) is 10.5 Å². The molecule has 2 aromatic rings. The molecule has 0 aliphatic carbocycles. The van der Waals surface area contributed by atoms with Gasteiger partial charge >= 0.3 is 0 Å². The molecule has 0 atom stereocenters. The lowest BCUT2D eigenvalue weighted by Crippen LogP contribution is -2.02. The van der Waals surface area contributed by atoms with Gasteiger partial charge in [0.05, 0.1) is 22.5 Å². The van der Waals surface area contributed by atoms with Gasteiger partial charge < -0.3 is 11.5 Å². The SMILES string of the molecule is N#Cc1cc(-c2ccccc2)c(N)c(N)c1C#N. The Hall–Kier alpha value is -2.98. The first-order valence-corrected chi connectivity index (χ1v) is 5.26. The van der Waals surface area contributed by atoms with E-state index in [1.54, 1.807) is 6.07 Å². The van der Waals surface area contributed by atoms with Crippen molar-refractivity contribution in [1.82, 2.24) is 0 Å². The van der Waals surface area contributed by atoms with E-state index in [1.807, 2.05) is 42.5 Å². The van der Waals surface area contributed by atoms with Crippen LogP contribution in [0.15, 0.2) is 36.4 Å². The number of anilines is 2. The van der Waals surface area contributed by atoms with Gasteiger partial charge in [-0.15, -0.1) is 0 Å². The maximum Gasteiger partial charge on any atom is 0.103 e. The van der Waals surface area contributed by atoms with E-state index in [9.17, 15) is 0 Å². The number of nitrogens with zero attached hydrogens (tertiary/aromatic N) is 2. The van der Waals surface area contributed by atoms with Crippen molar-refractivity contribution in [2.75, 3.05) is 11.5 Å². The molecule has 0 aromatic heterocycles. The molecule has 0 radical (unpaired) electrons. The molecule has 4 heteroatoms. The minimum atomic E-state index is 0.134. The second kappa shape index (κ2) is 4.48. The van der Waals surface area contributed by atoms with Gasteiger partial charge in [0.2, 0.25) is 0 Å². The molecule has 4 nitrogen and oxygen atoms in total. The average molecular weight is 234 g/mol. The van der Waals surface area contributed by atoms with Crippen LogP contribution in [-0.2, 0) is 0 Å². The predicted molar refractivity (Wildman–Crippen MR) is 70.1 cm³/mol. The van der Waals surface area contributed by atoms with Gasteiger partial charge in [-0.25, -0.2) is 0 Å². The minimum absolute atomic E-state index is 0.134. The topological polar surface area (TPSA) is 99.6 Å². The van der Waals surface area contributed by atoms with Crippen LogP contribution >= 0.6 is 0 Å². The molecule has 18 heavy (non-hydrogen) atoms. The van der Waals surface area contributed by atoms with E-state index in [-0.39, 0.29) is 16.8 Å². The zero-order valence-corrected chi connectivity index (χ0v) is 9.51. The summed E-state index contributed by atoms with van der Waals surface area (Å²) in [5.41, 5.74) is 14.1. The van der Waals surface area contributed by atoms with E-state index >= 15 is 0 Å². The fraction of sp³-hybridized carbons (Fsp3) is 0. The summed E-state index contributed by atoms with van der Waals surface area (Å²) in [4.78, 5) is 0. The molecule has 86 valence electrons.